The number of rotatable bonds is 6. The molecule has 0 atom stereocenters. The van der Waals surface area contributed by atoms with Gasteiger partial charge in [-0.3, -0.25) is 9.69 Å². The van der Waals surface area contributed by atoms with Crippen LogP contribution < -0.4 is 10.6 Å². The van der Waals surface area contributed by atoms with Crippen LogP contribution in [0.4, 0.5) is 5.69 Å². The molecule has 0 spiro atoms. The second-order valence-corrected chi connectivity index (χ2v) is 6.46. The molecule has 1 fully saturated rings. The van der Waals surface area contributed by atoms with Gasteiger partial charge in [-0.25, -0.2) is 0 Å². The van der Waals surface area contributed by atoms with Gasteiger partial charge in [0.1, 0.15) is 0 Å². The van der Waals surface area contributed by atoms with Crippen LogP contribution in [0.3, 0.4) is 0 Å². The normalized spacial score (nSPS) is 16.7. The Labute approximate surface area is 134 Å². The van der Waals surface area contributed by atoms with Crippen LogP contribution in [0.1, 0.15) is 30.4 Å². The van der Waals surface area contributed by atoms with Crippen LogP contribution in [-0.2, 0) is 4.79 Å². The zero-order chi connectivity index (χ0) is 15.9. The third-order valence-electron chi connectivity index (χ3n) is 4.67. The van der Waals surface area contributed by atoms with E-state index in [4.69, 9.17) is 0 Å². The van der Waals surface area contributed by atoms with Crippen LogP contribution >= 0.6 is 0 Å². The zero-order valence-electron chi connectivity index (χ0n) is 14.1. The number of nitrogens with zero attached hydrogens (tertiary/aromatic N) is 1. The van der Waals surface area contributed by atoms with Crippen LogP contribution in [0.25, 0.3) is 0 Å². The highest BCUT2D eigenvalue weighted by molar-refractivity contribution is 5.92. The fraction of sp³-hybridized carbons (Fsp3) is 0.611. The van der Waals surface area contributed by atoms with Gasteiger partial charge in [0, 0.05) is 5.69 Å². The Morgan fingerprint density at radius 2 is 1.95 bits per heavy atom. The van der Waals surface area contributed by atoms with Gasteiger partial charge in [-0.15, -0.1) is 0 Å². The Morgan fingerprint density at radius 1 is 1.23 bits per heavy atom. The molecule has 1 aliphatic heterocycles. The highest BCUT2D eigenvalue weighted by Crippen LogP contribution is 2.20. The summed E-state index contributed by atoms with van der Waals surface area (Å²) in [5, 5.41) is 6.23. The van der Waals surface area contributed by atoms with Gasteiger partial charge in [-0.1, -0.05) is 6.07 Å². The van der Waals surface area contributed by atoms with Crippen LogP contribution in [0, 0.1) is 19.8 Å². The minimum Gasteiger partial charge on any atom is -0.325 e. The summed E-state index contributed by atoms with van der Waals surface area (Å²) in [6, 6.07) is 6.07. The average Bonchev–Trinajstić information content (AvgIpc) is 2.50. The lowest BCUT2D eigenvalue weighted by molar-refractivity contribution is -0.117. The maximum Gasteiger partial charge on any atom is 0.238 e. The van der Waals surface area contributed by atoms with Crippen LogP contribution in [-0.4, -0.2) is 44.0 Å². The van der Waals surface area contributed by atoms with Gasteiger partial charge < -0.3 is 10.6 Å². The van der Waals surface area contributed by atoms with Crippen molar-refractivity contribution in [3.63, 3.8) is 0 Å². The van der Waals surface area contributed by atoms with Gasteiger partial charge in [0.25, 0.3) is 0 Å². The van der Waals surface area contributed by atoms with Gasteiger partial charge in [-0.05, 0) is 89.0 Å². The van der Waals surface area contributed by atoms with E-state index in [0.29, 0.717) is 6.54 Å². The van der Waals surface area contributed by atoms with Gasteiger partial charge in [0.05, 0.1) is 6.54 Å². The highest BCUT2D eigenvalue weighted by Gasteiger charge is 2.20. The van der Waals surface area contributed by atoms with Crippen molar-refractivity contribution >= 4 is 11.6 Å². The van der Waals surface area contributed by atoms with Crippen molar-refractivity contribution in [2.45, 2.75) is 33.1 Å². The van der Waals surface area contributed by atoms with E-state index in [0.717, 1.165) is 31.2 Å². The summed E-state index contributed by atoms with van der Waals surface area (Å²) in [4.78, 5) is 14.4. The van der Waals surface area contributed by atoms with E-state index in [1.807, 2.05) is 19.2 Å². The SMILES string of the molecule is CNCCC1CCN(CC(=O)Nc2ccc(C)c(C)c2)CC1. The number of hydrogen-bond donors (Lipinski definition) is 2. The maximum absolute atomic E-state index is 12.2. The van der Waals surface area contributed by atoms with Crippen molar-refractivity contribution in [2.24, 2.45) is 5.92 Å². The third-order valence-corrected chi connectivity index (χ3v) is 4.67. The summed E-state index contributed by atoms with van der Waals surface area (Å²) < 4.78 is 0. The molecule has 1 amide bonds. The number of carbonyl (C=O) groups excluding carboxylic acids is 1. The number of aryl methyl sites for hydroxylation is 2. The topological polar surface area (TPSA) is 44.4 Å². The molecular formula is C18H29N3O. The van der Waals surface area contributed by atoms with E-state index in [1.54, 1.807) is 0 Å². The van der Waals surface area contributed by atoms with Gasteiger partial charge in [0.15, 0.2) is 0 Å². The minimum atomic E-state index is 0.0944. The number of anilines is 1. The molecule has 1 saturated heterocycles. The number of benzene rings is 1. The Hall–Kier alpha value is -1.39. The smallest absolute Gasteiger partial charge is 0.238 e. The lowest BCUT2D eigenvalue weighted by Crippen LogP contribution is -2.39. The molecule has 4 heteroatoms. The standard InChI is InChI=1S/C18H29N3O/c1-14-4-5-17(12-15(14)2)20-18(22)13-21-10-7-16(8-11-21)6-9-19-3/h4-5,12,16,19H,6-11,13H2,1-3H3,(H,20,22). The van der Waals surface area contributed by atoms with E-state index >= 15 is 0 Å². The molecule has 0 saturated carbocycles. The van der Waals surface area contributed by atoms with Crippen molar-refractivity contribution in [3.05, 3.63) is 29.3 Å². The zero-order valence-corrected chi connectivity index (χ0v) is 14.1. The van der Waals surface area contributed by atoms with E-state index in [9.17, 15) is 4.79 Å². The first kappa shape index (κ1) is 17.0. The predicted octanol–water partition coefficient (Wildman–Crippen LogP) is 2.56. The van der Waals surface area contributed by atoms with E-state index in [2.05, 4.69) is 35.4 Å². The molecular weight excluding hydrogens is 274 g/mol. The largest absolute Gasteiger partial charge is 0.325 e. The average molecular weight is 303 g/mol. The predicted molar refractivity (Wildman–Crippen MR) is 92.3 cm³/mol. The van der Waals surface area contributed by atoms with Gasteiger partial charge >= 0.3 is 0 Å². The Kier molecular flexibility index (Phi) is 6.40. The molecule has 1 aromatic carbocycles. The molecule has 0 unspecified atom stereocenters. The molecule has 0 radical (unpaired) electrons. The monoisotopic (exact) mass is 303 g/mol. The van der Waals surface area contributed by atoms with E-state index < -0.39 is 0 Å². The van der Waals surface area contributed by atoms with E-state index in [1.165, 1.54) is 30.4 Å². The second-order valence-electron chi connectivity index (χ2n) is 6.46. The summed E-state index contributed by atoms with van der Waals surface area (Å²) >= 11 is 0. The Morgan fingerprint density at radius 3 is 2.59 bits per heavy atom. The molecule has 22 heavy (non-hydrogen) atoms. The lowest BCUT2D eigenvalue weighted by atomic mass is 9.93. The van der Waals surface area contributed by atoms with Crippen molar-refractivity contribution in [1.82, 2.24) is 10.2 Å². The summed E-state index contributed by atoms with van der Waals surface area (Å²) in [5.41, 5.74) is 3.36. The second kappa shape index (κ2) is 8.30. The van der Waals surface area contributed by atoms with E-state index in [-0.39, 0.29) is 5.91 Å². The molecule has 1 heterocycles. The first-order valence-electron chi connectivity index (χ1n) is 8.32. The number of nitrogens with one attached hydrogen (secondary N) is 2. The lowest BCUT2D eigenvalue weighted by Gasteiger charge is -2.31. The van der Waals surface area contributed by atoms with Crippen molar-refractivity contribution in [2.75, 3.05) is 38.5 Å². The van der Waals surface area contributed by atoms with Crippen molar-refractivity contribution < 1.29 is 4.79 Å². The fourth-order valence-electron chi connectivity index (χ4n) is 3.00. The van der Waals surface area contributed by atoms with Crippen LogP contribution in [0.2, 0.25) is 0 Å². The minimum absolute atomic E-state index is 0.0944. The fourth-order valence-corrected chi connectivity index (χ4v) is 3.00. The summed E-state index contributed by atoms with van der Waals surface area (Å²) in [6.07, 6.45) is 3.66. The number of amides is 1. The molecule has 2 N–H and O–H groups in total. The van der Waals surface area contributed by atoms with Crippen molar-refractivity contribution in [1.29, 1.82) is 0 Å². The molecule has 0 aliphatic carbocycles. The Balaban J connectivity index is 1.75. The molecule has 1 aliphatic rings. The summed E-state index contributed by atoms with van der Waals surface area (Å²) in [6.45, 7) is 7.83. The number of hydrogen-bond acceptors (Lipinski definition) is 3. The molecule has 0 bridgehead atoms. The molecule has 122 valence electrons. The quantitative estimate of drug-likeness (QED) is 0.849. The van der Waals surface area contributed by atoms with Gasteiger partial charge in [-0.2, -0.15) is 0 Å². The first-order chi connectivity index (χ1) is 10.6. The van der Waals surface area contributed by atoms with Gasteiger partial charge in [0.2, 0.25) is 5.91 Å². The molecule has 0 aromatic heterocycles. The first-order valence-corrected chi connectivity index (χ1v) is 8.32. The number of likely N-dealkylation sites (tertiary alicyclic amines) is 1. The molecule has 1 aromatic rings. The maximum atomic E-state index is 12.2. The number of carbonyl (C=O) groups is 1. The van der Waals surface area contributed by atoms with Crippen molar-refractivity contribution in [3.8, 4) is 0 Å². The summed E-state index contributed by atoms with van der Waals surface area (Å²) in [7, 11) is 2.01. The Bertz CT molecular complexity index is 493. The molecule has 2 rings (SSSR count). The van der Waals surface area contributed by atoms with Crippen LogP contribution in [0.15, 0.2) is 18.2 Å². The van der Waals surface area contributed by atoms with Crippen LogP contribution in [0.5, 0.6) is 0 Å². The number of piperidine rings is 1. The summed E-state index contributed by atoms with van der Waals surface area (Å²) in [5.74, 6) is 0.906. The highest BCUT2D eigenvalue weighted by atomic mass is 16.2. The third kappa shape index (κ3) is 5.11. The molecule has 4 nitrogen and oxygen atoms in total.